The molecule has 0 spiro atoms. The summed E-state index contributed by atoms with van der Waals surface area (Å²) in [6.07, 6.45) is 3.07. The van der Waals surface area contributed by atoms with Crippen molar-refractivity contribution in [2.45, 2.75) is 13.3 Å². The van der Waals surface area contributed by atoms with Crippen molar-refractivity contribution in [2.24, 2.45) is 10.7 Å². The lowest BCUT2D eigenvalue weighted by Gasteiger charge is -1.92. The SMILES string of the molecule is CCC1=CCN=C1N. The summed E-state index contributed by atoms with van der Waals surface area (Å²) in [5, 5.41) is 0. The van der Waals surface area contributed by atoms with Gasteiger partial charge in [-0.15, -0.1) is 0 Å². The summed E-state index contributed by atoms with van der Waals surface area (Å²) >= 11 is 0. The van der Waals surface area contributed by atoms with Gasteiger partial charge < -0.3 is 5.73 Å². The monoisotopic (exact) mass is 110 g/mol. The summed E-state index contributed by atoms with van der Waals surface area (Å²) in [6.45, 7) is 2.87. The molecule has 0 saturated heterocycles. The first-order valence-corrected chi connectivity index (χ1v) is 2.84. The molecule has 0 unspecified atom stereocenters. The van der Waals surface area contributed by atoms with Gasteiger partial charge in [0.1, 0.15) is 5.84 Å². The number of nitrogens with two attached hydrogens (primary N) is 1. The molecule has 0 bridgehead atoms. The van der Waals surface area contributed by atoms with Crippen LogP contribution in [0, 0.1) is 0 Å². The molecule has 44 valence electrons. The van der Waals surface area contributed by atoms with Gasteiger partial charge in [-0.2, -0.15) is 0 Å². The summed E-state index contributed by atoms with van der Waals surface area (Å²) in [5.74, 6) is 0.729. The van der Waals surface area contributed by atoms with Crippen LogP contribution in [0.5, 0.6) is 0 Å². The first-order valence-electron chi connectivity index (χ1n) is 2.84. The number of hydrogen-bond acceptors (Lipinski definition) is 2. The van der Waals surface area contributed by atoms with Gasteiger partial charge >= 0.3 is 0 Å². The molecule has 0 aromatic rings. The summed E-state index contributed by atoms with van der Waals surface area (Å²) < 4.78 is 0. The Morgan fingerprint density at radius 2 is 2.62 bits per heavy atom. The van der Waals surface area contributed by atoms with Gasteiger partial charge in [0.2, 0.25) is 0 Å². The molecule has 1 aliphatic heterocycles. The van der Waals surface area contributed by atoms with Gasteiger partial charge in [0.05, 0.1) is 6.54 Å². The van der Waals surface area contributed by atoms with Gasteiger partial charge in [-0.25, -0.2) is 0 Å². The first kappa shape index (κ1) is 5.35. The fraction of sp³-hybridized carbons (Fsp3) is 0.500. The maximum atomic E-state index is 5.47. The van der Waals surface area contributed by atoms with Crippen LogP contribution >= 0.6 is 0 Å². The average molecular weight is 110 g/mol. The third-order valence-electron chi connectivity index (χ3n) is 1.31. The summed E-state index contributed by atoms with van der Waals surface area (Å²) in [4.78, 5) is 3.99. The van der Waals surface area contributed by atoms with Crippen LogP contribution in [-0.2, 0) is 0 Å². The number of nitrogens with zero attached hydrogens (tertiary/aromatic N) is 1. The average Bonchev–Trinajstić information content (AvgIpc) is 2.14. The Hall–Kier alpha value is -0.790. The third kappa shape index (κ3) is 0.735. The summed E-state index contributed by atoms with van der Waals surface area (Å²) in [7, 11) is 0. The summed E-state index contributed by atoms with van der Waals surface area (Å²) in [6, 6.07) is 0. The van der Waals surface area contributed by atoms with Crippen molar-refractivity contribution in [3.63, 3.8) is 0 Å². The predicted molar refractivity (Wildman–Crippen MR) is 34.9 cm³/mol. The number of hydrogen-bond donors (Lipinski definition) is 1. The predicted octanol–water partition coefficient (Wildman–Crippen LogP) is 0.694. The first-order chi connectivity index (χ1) is 3.84. The molecule has 8 heavy (non-hydrogen) atoms. The van der Waals surface area contributed by atoms with Crippen molar-refractivity contribution in [3.05, 3.63) is 11.6 Å². The van der Waals surface area contributed by atoms with Crippen LogP contribution in [0.3, 0.4) is 0 Å². The van der Waals surface area contributed by atoms with Crippen LogP contribution in [0.1, 0.15) is 13.3 Å². The molecule has 2 N–H and O–H groups in total. The minimum absolute atomic E-state index is 0.729. The molecule has 0 saturated carbocycles. The van der Waals surface area contributed by atoms with E-state index >= 15 is 0 Å². The van der Waals surface area contributed by atoms with Crippen molar-refractivity contribution in [1.82, 2.24) is 0 Å². The third-order valence-corrected chi connectivity index (χ3v) is 1.31. The van der Waals surface area contributed by atoms with Crippen LogP contribution in [0.15, 0.2) is 16.6 Å². The Morgan fingerprint density at radius 1 is 1.88 bits per heavy atom. The van der Waals surface area contributed by atoms with Gasteiger partial charge in [-0.3, -0.25) is 4.99 Å². The molecule has 0 aromatic carbocycles. The molecule has 0 radical (unpaired) electrons. The van der Waals surface area contributed by atoms with E-state index in [0.717, 1.165) is 18.8 Å². The molecule has 1 aliphatic rings. The minimum Gasteiger partial charge on any atom is -0.384 e. The Labute approximate surface area is 49.1 Å². The topological polar surface area (TPSA) is 38.4 Å². The van der Waals surface area contributed by atoms with Crippen molar-refractivity contribution in [1.29, 1.82) is 0 Å². The Morgan fingerprint density at radius 3 is 2.88 bits per heavy atom. The molecule has 1 heterocycles. The normalized spacial score (nSPS) is 18.1. The molecular weight excluding hydrogens is 100 g/mol. The quantitative estimate of drug-likeness (QED) is 0.530. The van der Waals surface area contributed by atoms with Gasteiger partial charge in [-0.05, 0) is 12.0 Å². The van der Waals surface area contributed by atoms with Gasteiger partial charge in [0, 0.05) is 0 Å². The van der Waals surface area contributed by atoms with E-state index in [0.29, 0.717) is 0 Å². The minimum atomic E-state index is 0.729. The van der Waals surface area contributed by atoms with E-state index < -0.39 is 0 Å². The Kier molecular flexibility index (Phi) is 1.33. The fourth-order valence-corrected chi connectivity index (χ4v) is 0.786. The van der Waals surface area contributed by atoms with Crippen molar-refractivity contribution in [2.75, 3.05) is 6.54 Å². The zero-order valence-corrected chi connectivity index (χ0v) is 5.02. The second-order valence-electron chi connectivity index (χ2n) is 1.81. The molecule has 1 rings (SSSR count). The lowest BCUT2D eigenvalue weighted by molar-refractivity contribution is 1.17. The number of aliphatic imine (C=N–C) groups is 1. The standard InChI is InChI=1S/C6H10N2/c1-2-5-3-4-8-6(5)7/h3H,2,4H2,1H3,(H2,7,8). The molecule has 2 nitrogen and oxygen atoms in total. The Bertz CT molecular complexity index is 145. The van der Waals surface area contributed by atoms with E-state index in [4.69, 9.17) is 5.73 Å². The number of amidine groups is 1. The van der Waals surface area contributed by atoms with Crippen molar-refractivity contribution < 1.29 is 0 Å². The highest BCUT2D eigenvalue weighted by atomic mass is 14.9. The van der Waals surface area contributed by atoms with E-state index in [9.17, 15) is 0 Å². The maximum absolute atomic E-state index is 5.47. The lowest BCUT2D eigenvalue weighted by Crippen LogP contribution is -2.10. The highest BCUT2D eigenvalue weighted by Crippen LogP contribution is 2.05. The lowest BCUT2D eigenvalue weighted by atomic mass is 10.2. The molecule has 0 atom stereocenters. The molecular formula is C6H10N2. The van der Waals surface area contributed by atoms with Gasteiger partial charge in [0.25, 0.3) is 0 Å². The maximum Gasteiger partial charge on any atom is 0.121 e. The van der Waals surface area contributed by atoms with E-state index in [2.05, 4.69) is 18.0 Å². The molecule has 0 aromatic heterocycles. The van der Waals surface area contributed by atoms with E-state index in [1.54, 1.807) is 0 Å². The summed E-state index contributed by atoms with van der Waals surface area (Å²) in [5.41, 5.74) is 6.67. The molecule has 0 aliphatic carbocycles. The zero-order chi connectivity index (χ0) is 5.98. The smallest absolute Gasteiger partial charge is 0.121 e. The van der Waals surface area contributed by atoms with E-state index in [1.807, 2.05) is 0 Å². The highest BCUT2D eigenvalue weighted by Gasteiger charge is 2.02. The zero-order valence-electron chi connectivity index (χ0n) is 5.02. The largest absolute Gasteiger partial charge is 0.384 e. The van der Waals surface area contributed by atoms with Crippen LogP contribution in [-0.4, -0.2) is 12.4 Å². The molecule has 0 amide bonds. The van der Waals surface area contributed by atoms with Gasteiger partial charge in [0.15, 0.2) is 0 Å². The van der Waals surface area contributed by atoms with Crippen LogP contribution in [0.25, 0.3) is 0 Å². The van der Waals surface area contributed by atoms with Crippen molar-refractivity contribution in [3.8, 4) is 0 Å². The van der Waals surface area contributed by atoms with Crippen molar-refractivity contribution >= 4 is 5.84 Å². The van der Waals surface area contributed by atoms with Crippen LogP contribution in [0.2, 0.25) is 0 Å². The Balaban J connectivity index is 2.66. The van der Waals surface area contributed by atoms with E-state index in [-0.39, 0.29) is 0 Å². The van der Waals surface area contributed by atoms with Crippen LogP contribution in [0.4, 0.5) is 0 Å². The van der Waals surface area contributed by atoms with E-state index in [1.165, 1.54) is 5.57 Å². The molecule has 2 heteroatoms. The van der Waals surface area contributed by atoms with Gasteiger partial charge in [-0.1, -0.05) is 13.0 Å². The second kappa shape index (κ2) is 1.99. The fourth-order valence-electron chi connectivity index (χ4n) is 0.786. The highest BCUT2D eigenvalue weighted by molar-refractivity contribution is 5.98. The van der Waals surface area contributed by atoms with Crippen LogP contribution < -0.4 is 5.73 Å². The molecule has 0 fully saturated rings. The second-order valence-corrected chi connectivity index (χ2v) is 1.81. The number of rotatable bonds is 1.